The summed E-state index contributed by atoms with van der Waals surface area (Å²) in [6.45, 7) is 4.61. The zero-order valence-electron chi connectivity index (χ0n) is 10.8. The SMILES string of the molecule is Nc1ccnc(N2CCC(N3CCCCC3)C2)n1. The van der Waals surface area contributed by atoms with Crippen molar-refractivity contribution in [3.05, 3.63) is 12.3 Å². The molecule has 2 N–H and O–H groups in total. The first-order chi connectivity index (χ1) is 8.83. The van der Waals surface area contributed by atoms with Gasteiger partial charge in [0.2, 0.25) is 5.95 Å². The van der Waals surface area contributed by atoms with E-state index in [1.165, 1.54) is 38.8 Å². The van der Waals surface area contributed by atoms with Crippen molar-refractivity contribution in [2.45, 2.75) is 31.7 Å². The van der Waals surface area contributed by atoms with E-state index in [1.54, 1.807) is 12.3 Å². The lowest BCUT2D eigenvalue weighted by molar-refractivity contribution is 0.174. The molecule has 3 rings (SSSR count). The summed E-state index contributed by atoms with van der Waals surface area (Å²) < 4.78 is 0. The van der Waals surface area contributed by atoms with Gasteiger partial charge in [-0.05, 0) is 38.4 Å². The summed E-state index contributed by atoms with van der Waals surface area (Å²) >= 11 is 0. The minimum absolute atomic E-state index is 0.557. The molecule has 5 heteroatoms. The minimum Gasteiger partial charge on any atom is -0.384 e. The summed E-state index contributed by atoms with van der Waals surface area (Å²) in [5, 5.41) is 0. The molecular weight excluding hydrogens is 226 g/mol. The predicted octanol–water partition coefficient (Wildman–Crippen LogP) is 1.12. The molecule has 2 aliphatic heterocycles. The number of anilines is 2. The summed E-state index contributed by atoms with van der Waals surface area (Å²) in [5.74, 6) is 1.34. The van der Waals surface area contributed by atoms with Crippen molar-refractivity contribution < 1.29 is 0 Å². The van der Waals surface area contributed by atoms with Crippen molar-refractivity contribution in [3.8, 4) is 0 Å². The third-order valence-electron chi connectivity index (χ3n) is 4.02. The number of nitrogen functional groups attached to an aromatic ring is 1. The molecule has 18 heavy (non-hydrogen) atoms. The lowest BCUT2D eigenvalue weighted by atomic mass is 10.1. The third kappa shape index (κ3) is 2.41. The lowest BCUT2D eigenvalue weighted by Gasteiger charge is -2.32. The Kier molecular flexibility index (Phi) is 3.32. The van der Waals surface area contributed by atoms with Crippen LogP contribution in [0.3, 0.4) is 0 Å². The van der Waals surface area contributed by atoms with Crippen molar-refractivity contribution in [1.82, 2.24) is 14.9 Å². The molecule has 3 heterocycles. The van der Waals surface area contributed by atoms with Crippen LogP contribution in [-0.2, 0) is 0 Å². The summed E-state index contributed by atoms with van der Waals surface area (Å²) in [6, 6.07) is 2.41. The summed E-state index contributed by atoms with van der Waals surface area (Å²) in [7, 11) is 0. The maximum Gasteiger partial charge on any atom is 0.227 e. The molecule has 1 unspecified atom stereocenters. The highest BCUT2D eigenvalue weighted by atomic mass is 15.3. The Hall–Kier alpha value is -1.36. The molecule has 2 fully saturated rings. The smallest absolute Gasteiger partial charge is 0.227 e. The van der Waals surface area contributed by atoms with Gasteiger partial charge in [-0.2, -0.15) is 4.98 Å². The van der Waals surface area contributed by atoms with E-state index < -0.39 is 0 Å². The van der Waals surface area contributed by atoms with Gasteiger partial charge in [0.1, 0.15) is 5.82 Å². The van der Waals surface area contributed by atoms with E-state index in [9.17, 15) is 0 Å². The number of hydrogen-bond acceptors (Lipinski definition) is 5. The second kappa shape index (κ2) is 5.10. The Bertz CT molecular complexity index is 402. The van der Waals surface area contributed by atoms with Gasteiger partial charge in [-0.15, -0.1) is 0 Å². The quantitative estimate of drug-likeness (QED) is 0.849. The molecule has 2 saturated heterocycles. The fourth-order valence-electron chi connectivity index (χ4n) is 3.02. The monoisotopic (exact) mass is 247 g/mol. The maximum absolute atomic E-state index is 5.72. The molecule has 98 valence electrons. The Balaban J connectivity index is 1.64. The summed E-state index contributed by atoms with van der Waals surface area (Å²) in [5.41, 5.74) is 5.72. The highest BCUT2D eigenvalue weighted by Crippen LogP contribution is 2.22. The molecule has 0 amide bonds. The predicted molar refractivity (Wildman–Crippen MR) is 72.5 cm³/mol. The van der Waals surface area contributed by atoms with Crippen molar-refractivity contribution in [3.63, 3.8) is 0 Å². The molecule has 0 aromatic carbocycles. The topological polar surface area (TPSA) is 58.3 Å². The Morgan fingerprint density at radius 2 is 2.00 bits per heavy atom. The van der Waals surface area contributed by atoms with Gasteiger partial charge in [-0.25, -0.2) is 4.98 Å². The summed E-state index contributed by atoms with van der Waals surface area (Å²) in [4.78, 5) is 13.5. The summed E-state index contributed by atoms with van der Waals surface area (Å²) in [6.07, 6.45) is 7.06. The molecular formula is C13H21N5. The van der Waals surface area contributed by atoms with E-state index in [-0.39, 0.29) is 0 Å². The highest BCUT2D eigenvalue weighted by Gasteiger charge is 2.29. The first-order valence-electron chi connectivity index (χ1n) is 6.90. The Morgan fingerprint density at radius 1 is 1.17 bits per heavy atom. The fourth-order valence-corrected chi connectivity index (χ4v) is 3.02. The second-order valence-electron chi connectivity index (χ2n) is 5.27. The molecule has 0 radical (unpaired) electrons. The van der Waals surface area contributed by atoms with E-state index >= 15 is 0 Å². The van der Waals surface area contributed by atoms with Gasteiger partial charge in [-0.1, -0.05) is 6.42 Å². The molecule has 1 aromatic rings. The standard InChI is InChI=1S/C13H21N5/c14-12-4-6-15-13(16-12)18-9-5-11(10-18)17-7-2-1-3-8-17/h4,6,11H,1-3,5,7-10H2,(H2,14,15,16). The second-order valence-corrected chi connectivity index (χ2v) is 5.27. The van der Waals surface area contributed by atoms with Crippen LogP contribution in [0.5, 0.6) is 0 Å². The van der Waals surface area contributed by atoms with E-state index in [1.807, 2.05) is 0 Å². The van der Waals surface area contributed by atoms with Gasteiger partial charge in [0.05, 0.1) is 0 Å². The average Bonchev–Trinajstić information content (AvgIpc) is 2.89. The van der Waals surface area contributed by atoms with Gasteiger partial charge < -0.3 is 10.6 Å². The number of hydrogen-bond donors (Lipinski definition) is 1. The Morgan fingerprint density at radius 3 is 2.78 bits per heavy atom. The average molecular weight is 247 g/mol. The molecule has 0 saturated carbocycles. The van der Waals surface area contributed by atoms with Crippen LogP contribution in [-0.4, -0.2) is 47.1 Å². The lowest BCUT2D eigenvalue weighted by Crippen LogP contribution is -2.41. The van der Waals surface area contributed by atoms with Crippen molar-refractivity contribution in [2.24, 2.45) is 0 Å². The molecule has 5 nitrogen and oxygen atoms in total. The number of piperidine rings is 1. The largest absolute Gasteiger partial charge is 0.384 e. The van der Waals surface area contributed by atoms with Crippen molar-refractivity contribution in [2.75, 3.05) is 36.8 Å². The number of aromatic nitrogens is 2. The number of likely N-dealkylation sites (tertiary alicyclic amines) is 1. The molecule has 1 atom stereocenters. The van der Waals surface area contributed by atoms with Gasteiger partial charge in [0.25, 0.3) is 0 Å². The first-order valence-corrected chi connectivity index (χ1v) is 6.90. The van der Waals surface area contributed by atoms with Crippen LogP contribution < -0.4 is 10.6 Å². The zero-order valence-corrected chi connectivity index (χ0v) is 10.8. The van der Waals surface area contributed by atoms with Crippen LogP contribution in [0.4, 0.5) is 11.8 Å². The molecule has 0 spiro atoms. The number of nitrogens with zero attached hydrogens (tertiary/aromatic N) is 4. The van der Waals surface area contributed by atoms with E-state index in [0.29, 0.717) is 11.9 Å². The highest BCUT2D eigenvalue weighted by molar-refractivity contribution is 5.38. The van der Waals surface area contributed by atoms with Crippen LogP contribution in [0.25, 0.3) is 0 Å². The van der Waals surface area contributed by atoms with E-state index in [2.05, 4.69) is 19.8 Å². The number of nitrogens with two attached hydrogens (primary N) is 1. The molecule has 1 aromatic heterocycles. The van der Waals surface area contributed by atoms with Crippen molar-refractivity contribution in [1.29, 1.82) is 0 Å². The Labute approximate surface area is 108 Å². The minimum atomic E-state index is 0.557. The van der Waals surface area contributed by atoms with Crippen LogP contribution in [0.2, 0.25) is 0 Å². The molecule has 2 aliphatic rings. The van der Waals surface area contributed by atoms with Crippen LogP contribution in [0, 0.1) is 0 Å². The van der Waals surface area contributed by atoms with Crippen LogP contribution >= 0.6 is 0 Å². The van der Waals surface area contributed by atoms with Gasteiger partial charge in [0.15, 0.2) is 0 Å². The fraction of sp³-hybridized carbons (Fsp3) is 0.692. The molecule has 0 aliphatic carbocycles. The van der Waals surface area contributed by atoms with E-state index in [0.717, 1.165) is 19.0 Å². The van der Waals surface area contributed by atoms with Crippen LogP contribution in [0.15, 0.2) is 12.3 Å². The first kappa shape index (κ1) is 11.7. The van der Waals surface area contributed by atoms with Crippen molar-refractivity contribution >= 4 is 11.8 Å². The maximum atomic E-state index is 5.72. The zero-order chi connectivity index (χ0) is 12.4. The van der Waals surface area contributed by atoms with Gasteiger partial charge in [-0.3, -0.25) is 4.90 Å². The number of rotatable bonds is 2. The van der Waals surface area contributed by atoms with E-state index in [4.69, 9.17) is 5.73 Å². The van der Waals surface area contributed by atoms with Crippen LogP contribution in [0.1, 0.15) is 25.7 Å². The third-order valence-corrected chi connectivity index (χ3v) is 4.02. The normalized spacial score (nSPS) is 25.6. The van der Waals surface area contributed by atoms with Gasteiger partial charge >= 0.3 is 0 Å². The van der Waals surface area contributed by atoms with Gasteiger partial charge in [0, 0.05) is 25.3 Å². The molecule has 0 bridgehead atoms.